The van der Waals surface area contributed by atoms with E-state index in [-0.39, 0.29) is 0 Å². The van der Waals surface area contributed by atoms with Gasteiger partial charge >= 0.3 is 0 Å². The summed E-state index contributed by atoms with van der Waals surface area (Å²) in [6, 6.07) is 3.93. The first-order valence-corrected chi connectivity index (χ1v) is 7.91. The zero-order chi connectivity index (χ0) is 13.2. The third kappa shape index (κ3) is 6.23. The lowest BCUT2D eigenvalue weighted by molar-refractivity contribution is 1.26. The third-order valence-electron chi connectivity index (χ3n) is 1.87. The Hall–Kier alpha value is -0.780. The molecule has 0 saturated heterocycles. The van der Waals surface area contributed by atoms with Gasteiger partial charge < -0.3 is 0 Å². The molecule has 0 unspecified atom stereocenters. The van der Waals surface area contributed by atoms with Crippen LogP contribution in [-0.2, 0) is 0 Å². The summed E-state index contributed by atoms with van der Waals surface area (Å²) in [6.07, 6.45) is 7.30. The van der Waals surface area contributed by atoms with E-state index in [0.717, 1.165) is 16.4 Å². The van der Waals surface area contributed by atoms with Gasteiger partial charge in [0.1, 0.15) is 5.16 Å². The lowest BCUT2D eigenvalue weighted by Crippen LogP contribution is -1.99. The first-order valence-electron chi connectivity index (χ1n) is 5.15. The minimum Gasteiger partial charge on any atom is -0.278 e. The smallest absolute Gasteiger partial charge is 0.130 e. The molecule has 0 aliphatic carbocycles. The standard InChI is InChI=1S/C12H14ClN3S2/c1-14-12(13)7-10(16-9-17-2)8-18-11-3-5-15-6-4-11/h3-7H,1,8-9H2,2H3/b12-7-,16-10+. The number of hydrogen-bond acceptors (Lipinski definition) is 5. The summed E-state index contributed by atoms with van der Waals surface area (Å²) in [4.78, 5) is 13.2. The van der Waals surface area contributed by atoms with E-state index in [2.05, 4.69) is 21.7 Å². The van der Waals surface area contributed by atoms with Crippen LogP contribution in [0.15, 0.2) is 50.6 Å². The van der Waals surface area contributed by atoms with Crippen molar-refractivity contribution in [3.63, 3.8) is 0 Å². The van der Waals surface area contributed by atoms with Gasteiger partial charge in [-0.25, -0.2) is 0 Å². The lowest BCUT2D eigenvalue weighted by atomic mass is 10.4. The Balaban J connectivity index is 2.65. The fourth-order valence-electron chi connectivity index (χ4n) is 1.06. The molecule has 3 nitrogen and oxygen atoms in total. The normalized spacial score (nSPS) is 12.6. The molecule has 0 amide bonds. The minimum atomic E-state index is 0.366. The summed E-state index contributed by atoms with van der Waals surface area (Å²) in [5.41, 5.74) is 0.906. The van der Waals surface area contributed by atoms with Gasteiger partial charge in [-0.3, -0.25) is 15.0 Å². The molecule has 0 bridgehead atoms. The maximum absolute atomic E-state index is 5.85. The quantitative estimate of drug-likeness (QED) is 0.437. The van der Waals surface area contributed by atoms with Crippen molar-refractivity contribution >= 4 is 47.6 Å². The molecule has 0 radical (unpaired) electrons. The molecule has 1 aromatic heterocycles. The molecule has 0 atom stereocenters. The number of halogens is 1. The lowest BCUT2D eigenvalue weighted by Gasteiger charge is -2.02. The summed E-state index contributed by atoms with van der Waals surface area (Å²) in [6.45, 7) is 3.39. The van der Waals surface area contributed by atoms with E-state index >= 15 is 0 Å². The molecule has 0 spiro atoms. The molecular formula is C12H14ClN3S2. The third-order valence-corrected chi connectivity index (χ3v) is 3.53. The molecule has 0 aliphatic rings. The van der Waals surface area contributed by atoms with Crippen LogP contribution in [-0.4, -0.2) is 35.3 Å². The van der Waals surface area contributed by atoms with Crippen molar-refractivity contribution < 1.29 is 0 Å². The van der Waals surface area contributed by atoms with Gasteiger partial charge in [-0.15, -0.1) is 23.5 Å². The van der Waals surface area contributed by atoms with Gasteiger partial charge in [-0.2, -0.15) is 0 Å². The fraction of sp³-hybridized carbons (Fsp3) is 0.250. The van der Waals surface area contributed by atoms with Gasteiger partial charge in [0.05, 0.1) is 5.88 Å². The molecule has 0 aliphatic heterocycles. The molecule has 0 saturated carbocycles. The van der Waals surface area contributed by atoms with Crippen LogP contribution in [0.5, 0.6) is 0 Å². The van der Waals surface area contributed by atoms with Gasteiger partial charge in [0.15, 0.2) is 0 Å². The van der Waals surface area contributed by atoms with Gasteiger partial charge in [0.25, 0.3) is 0 Å². The molecular weight excluding hydrogens is 286 g/mol. The highest BCUT2D eigenvalue weighted by molar-refractivity contribution is 8.00. The van der Waals surface area contributed by atoms with Crippen LogP contribution in [0, 0.1) is 0 Å². The second-order valence-electron chi connectivity index (χ2n) is 3.16. The number of hydrogen-bond donors (Lipinski definition) is 0. The summed E-state index contributed by atoms with van der Waals surface area (Å²) in [5, 5.41) is 0.366. The predicted molar refractivity (Wildman–Crippen MR) is 84.3 cm³/mol. The molecule has 1 aromatic rings. The van der Waals surface area contributed by atoms with Gasteiger partial charge in [-0.1, -0.05) is 11.6 Å². The molecule has 0 N–H and O–H groups in total. The molecule has 18 heavy (non-hydrogen) atoms. The Morgan fingerprint density at radius 2 is 2.22 bits per heavy atom. The number of aliphatic imine (C=N–C) groups is 2. The number of aromatic nitrogens is 1. The summed E-state index contributed by atoms with van der Waals surface area (Å²) in [7, 11) is 0. The monoisotopic (exact) mass is 299 g/mol. The van der Waals surface area contributed by atoms with Crippen LogP contribution in [0.3, 0.4) is 0 Å². The zero-order valence-corrected chi connectivity index (χ0v) is 12.4. The first-order chi connectivity index (χ1) is 8.76. The SMILES string of the molecule is C=N/C(Cl)=C\C(CSc1ccncc1)=N/CSC. The fourth-order valence-corrected chi connectivity index (χ4v) is 2.28. The number of allylic oxidation sites excluding steroid dienone is 1. The molecule has 1 rings (SSSR count). The summed E-state index contributed by atoms with van der Waals surface area (Å²) >= 11 is 9.19. The van der Waals surface area contributed by atoms with Crippen molar-refractivity contribution in [2.75, 3.05) is 17.9 Å². The largest absolute Gasteiger partial charge is 0.278 e. The molecule has 0 fully saturated rings. The number of rotatable bonds is 7. The van der Waals surface area contributed by atoms with E-state index in [1.807, 2.05) is 18.4 Å². The van der Waals surface area contributed by atoms with Gasteiger partial charge in [0, 0.05) is 28.8 Å². The van der Waals surface area contributed by atoms with E-state index in [0.29, 0.717) is 11.0 Å². The van der Waals surface area contributed by atoms with E-state index in [1.165, 1.54) is 0 Å². The van der Waals surface area contributed by atoms with Crippen LogP contribution in [0.1, 0.15) is 0 Å². The number of thioether (sulfide) groups is 2. The topological polar surface area (TPSA) is 37.6 Å². The summed E-state index contributed by atoms with van der Waals surface area (Å²) in [5.74, 6) is 1.46. The van der Waals surface area contributed by atoms with Crippen molar-refractivity contribution in [2.24, 2.45) is 9.98 Å². The Morgan fingerprint density at radius 3 is 2.83 bits per heavy atom. The molecule has 1 heterocycles. The number of nitrogens with zero attached hydrogens (tertiary/aromatic N) is 3. The average molecular weight is 300 g/mol. The van der Waals surface area contributed by atoms with Crippen molar-refractivity contribution in [1.29, 1.82) is 0 Å². The van der Waals surface area contributed by atoms with Crippen molar-refractivity contribution in [2.45, 2.75) is 4.90 Å². The van der Waals surface area contributed by atoms with Crippen LogP contribution >= 0.6 is 35.1 Å². The second kappa shape index (κ2) is 9.19. The Labute approximate surface area is 121 Å². The van der Waals surface area contributed by atoms with Crippen LogP contribution in [0.25, 0.3) is 0 Å². The van der Waals surface area contributed by atoms with Crippen molar-refractivity contribution in [3.05, 3.63) is 35.8 Å². The van der Waals surface area contributed by atoms with Crippen molar-refractivity contribution in [1.82, 2.24) is 4.98 Å². The number of pyridine rings is 1. The molecule has 6 heteroatoms. The minimum absolute atomic E-state index is 0.366. The Morgan fingerprint density at radius 1 is 1.50 bits per heavy atom. The predicted octanol–water partition coefficient (Wildman–Crippen LogP) is 3.72. The maximum Gasteiger partial charge on any atom is 0.130 e. The van der Waals surface area contributed by atoms with Gasteiger partial charge in [0.2, 0.25) is 0 Å². The van der Waals surface area contributed by atoms with E-state index in [1.54, 1.807) is 42.0 Å². The first kappa shape index (κ1) is 15.3. The van der Waals surface area contributed by atoms with Crippen LogP contribution in [0.4, 0.5) is 0 Å². The Bertz CT molecular complexity index is 432. The zero-order valence-electron chi connectivity index (χ0n) is 10.0. The summed E-state index contributed by atoms with van der Waals surface area (Å²) < 4.78 is 0. The Kier molecular flexibility index (Phi) is 7.80. The van der Waals surface area contributed by atoms with Crippen LogP contribution in [0.2, 0.25) is 0 Å². The highest BCUT2D eigenvalue weighted by Crippen LogP contribution is 2.17. The molecule has 0 aromatic carbocycles. The van der Waals surface area contributed by atoms with Crippen LogP contribution < -0.4 is 0 Å². The maximum atomic E-state index is 5.85. The van der Waals surface area contributed by atoms with E-state index in [4.69, 9.17) is 11.6 Å². The van der Waals surface area contributed by atoms with Crippen molar-refractivity contribution in [3.8, 4) is 0 Å². The highest BCUT2D eigenvalue weighted by Gasteiger charge is 2.00. The average Bonchev–Trinajstić information content (AvgIpc) is 2.42. The van der Waals surface area contributed by atoms with E-state index < -0.39 is 0 Å². The highest BCUT2D eigenvalue weighted by atomic mass is 35.5. The molecule has 96 valence electrons. The van der Waals surface area contributed by atoms with Gasteiger partial charge in [-0.05, 0) is 31.2 Å². The second-order valence-corrected chi connectivity index (χ2v) is 5.44. The van der Waals surface area contributed by atoms with E-state index in [9.17, 15) is 0 Å².